The molecule has 1 aliphatic carbocycles. The van der Waals surface area contributed by atoms with Gasteiger partial charge in [0, 0.05) is 17.7 Å². The number of benzene rings is 1. The van der Waals surface area contributed by atoms with Gasteiger partial charge in [-0.1, -0.05) is 46.9 Å². The van der Waals surface area contributed by atoms with Crippen molar-refractivity contribution in [2.24, 2.45) is 0 Å². The Morgan fingerprint density at radius 1 is 1.02 bits per heavy atom. The Morgan fingerprint density at radius 3 is 2.30 bits per heavy atom. The van der Waals surface area contributed by atoms with Crippen molar-refractivity contribution < 1.29 is 31.1 Å². The molecule has 1 fully saturated rings. The van der Waals surface area contributed by atoms with E-state index in [4.69, 9.17) is 10.1 Å². The van der Waals surface area contributed by atoms with E-state index >= 15 is 0 Å². The first-order valence-electron chi connectivity index (χ1n) is 14.1. The van der Waals surface area contributed by atoms with Gasteiger partial charge in [0.1, 0.15) is 29.8 Å². The lowest BCUT2D eigenvalue weighted by molar-refractivity contribution is -0.141. The van der Waals surface area contributed by atoms with Crippen molar-refractivity contribution in [3.63, 3.8) is 0 Å². The Kier molecular flexibility index (Phi) is 8.08. The predicted octanol–water partition coefficient (Wildman–Crippen LogP) is 7.06. The molecule has 0 saturated heterocycles. The van der Waals surface area contributed by atoms with E-state index in [9.17, 15) is 26.3 Å². The van der Waals surface area contributed by atoms with Crippen molar-refractivity contribution in [1.29, 1.82) is 5.41 Å². The molecule has 2 unspecified atom stereocenters. The van der Waals surface area contributed by atoms with Crippen LogP contribution in [-0.2, 0) is 12.7 Å². The van der Waals surface area contributed by atoms with Crippen LogP contribution in [0.2, 0.25) is 0 Å². The number of halogens is 7. The number of imidazole rings is 2. The van der Waals surface area contributed by atoms with Gasteiger partial charge in [-0.2, -0.15) is 26.3 Å². The Hall–Kier alpha value is -4.03. The first kappa shape index (κ1) is 31.9. The Bertz CT molecular complexity index is 1970. The molecule has 0 aliphatic heterocycles. The van der Waals surface area contributed by atoms with Crippen LogP contribution >= 0.6 is 22.6 Å². The highest BCUT2D eigenvalue weighted by atomic mass is 127. The van der Waals surface area contributed by atoms with Crippen LogP contribution in [0.1, 0.15) is 59.6 Å². The number of methoxy groups -OCH3 is 1. The van der Waals surface area contributed by atoms with Crippen LogP contribution in [0.3, 0.4) is 0 Å². The van der Waals surface area contributed by atoms with Gasteiger partial charge >= 0.3 is 12.4 Å². The highest BCUT2D eigenvalue weighted by Crippen LogP contribution is 2.45. The van der Waals surface area contributed by atoms with Gasteiger partial charge < -0.3 is 9.30 Å². The van der Waals surface area contributed by atoms with Crippen LogP contribution in [-0.4, -0.2) is 51.9 Å². The van der Waals surface area contributed by atoms with Gasteiger partial charge in [0.2, 0.25) is 11.5 Å². The van der Waals surface area contributed by atoms with Crippen LogP contribution in [0, 0.1) is 5.41 Å². The second-order valence-corrected chi connectivity index (χ2v) is 12.7. The van der Waals surface area contributed by atoms with E-state index in [0.717, 1.165) is 23.6 Å². The Labute approximate surface area is 271 Å². The lowest BCUT2D eigenvalue weighted by atomic mass is 10.1. The minimum Gasteiger partial charge on any atom is -0.480 e. The van der Waals surface area contributed by atoms with Gasteiger partial charge in [0.05, 0.1) is 29.1 Å². The van der Waals surface area contributed by atoms with Gasteiger partial charge in [-0.25, -0.2) is 24.9 Å². The van der Waals surface area contributed by atoms with Gasteiger partial charge in [0.25, 0.3) is 0 Å². The number of nitrogens with one attached hydrogen (secondary N) is 1. The fourth-order valence-electron chi connectivity index (χ4n) is 5.39. The molecule has 5 aromatic rings. The molecule has 0 amide bonds. The maximum Gasteiger partial charge on any atom is 0.434 e. The zero-order chi connectivity index (χ0) is 33.1. The molecule has 0 bridgehead atoms. The zero-order valence-corrected chi connectivity index (χ0v) is 26.7. The quantitative estimate of drug-likeness (QED) is 0.103. The summed E-state index contributed by atoms with van der Waals surface area (Å²) in [7, 11) is 1.44. The SMILES string of the molecule is COc1ncnc(C2CC2)c1-c1ncc2c(n1)n(C(C)c1ccc(-c3nc(C(F)(F)F)cn3C(C)I)cc1)c(=N)n2CC(F)(F)F. The van der Waals surface area contributed by atoms with Crippen molar-refractivity contribution in [2.75, 3.05) is 7.11 Å². The molecule has 46 heavy (non-hydrogen) atoms. The van der Waals surface area contributed by atoms with E-state index < -0.39 is 36.3 Å². The average molecular weight is 757 g/mol. The lowest BCUT2D eigenvalue weighted by Gasteiger charge is -2.16. The zero-order valence-electron chi connectivity index (χ0n) is 24.5. The van der Waals surface area contributed by atoms with E-state index in [1.807, 2.05) is 22.6 Å². The van der Waals surface area contributed by atoms with Gasteiger partial charge in [-0.05, 0) is 32.3 Å². The first-order chi connectivity index (χ1) is 21.7. The number of ether oxygens (including phenoxy) is 1. The van der Waals surface area contributed by atoms with E-state index in [0.29, 0.717) is 22.4 Å². The molecule has 0 spiro atoms. The topological polar surface area (TPSA) is 112 Å². The van der Waals surface area contributed by atoms with Crippen LogP contribution < -0.4 is 10.4 Å². The highest BCUT2D eigenvalue weighted by Gasteiger charge is 2.36. The molecule has 242 valence electrons. The summed E-state index contributed by atoms with van der Waals surface area (Å²) in [6, 6.07) is 5.76. The number of rotatable bonds is 8. The van der Waals surface area contributed by atoms with Crippen molar-refractivity contribution in [1.82, 2.24) is 38.6 Å². The normalized spacial score (nSPS) is 15.3. The molecule has 4 aromatic heterocycles. The number of alkyl halides is 7. The standard InChI is InChI=1S/C29H26F6IN9O/c1-14(16-4-8-18(9-5-16)24-41-20(29(33,34)35)11-43(24)15(2)36)45-25-19(44(27(45)37)12-28(30,31)32)10-38-23(42-25)21-22(17-6-7-17)39-13-40-26(21)46-3/h4-5,8-11,13-15,17,37H,6-7,12H2,1-3H3. The third-order valence-corrected chi connectivity index (χ3v) is 8.36. The molecule has 2 atom stereocenters. The Balaban J connectivity index is 1.47. The summed E-state index contributed by atoms with van der Waals surface area (Å²) in [6.07, 6.45) is -3.88. The van der Waals surface area contributed by atoms with Gasteiger partial charge in [-0.3, -0.25) is 14.5 Å². The van der Waals surface area contributed by atoms with Crippen LogP contribution in [0.15, 0.2) is 43.0 Å². The lowest BCUT2D eigenvalue weighted by Crippen LogP contribution is -2.31. The minimum absolute atomic E-state index is 0.00363. The molecule has 10 nitrogen and oxygen atoms in total. The number of hydrogen-bond acceptors (Lipinski definition) is 7. The van der Waals surface area contributed by atoms with Crippen LogP contribution in [0.5, 0.6) is 5.88 Å². The molecule has 1 aliphatic rings. The second-order valence-electron chi connectivity index (χ2n) is 10.9. The van der Waals surface area contributed by atoms with E-state index in [2.05, 4.69) is 24.9 Å². The smallest absolute Gasteiger partial charge is 0.434 e. The molecule has 1 N–H and O–H groups in total. The molecule has 17 heteroatoms. The third-order valence-electron chi connectivity index (χ3n) is 7.76. The molecule has 6 rings (SSSR count). The maximum atomic E-state index is 13.7. The molecular weight excluding hydrogens is 731 g/mol. The molecule has 1 saturated carbocycles. The van der Waals surface area contributed by atoms with Gasteiger partial charge in [0.15, 0.2) is 17.2 Å². The molecular formula is C29H26F6IN9O. The summed E-state index contributed by atoms with van der Waals surface area (Å²) in [5.74, 6) is 0.634. The van der Waals surface area contributed by atoms with Crippen LogP contribution in [0.4, 0.5) is 26.3 Å². The van der Waals surface area contributed by atoms with Crippen LogP contribution in [0.25, 0.3) is 33.9 Å². The number of hydrogen-bond donors (Lipinski definition) is 1. The first-order valence-corrected chi connectivity index (χ1v) is 15.3. The van der Waals surface area contributed by atoms with E-state index in [-0.39, 0.29) is 38.7 Å². The summed E-state index contributed by atoms with van der Waals surface area (Å²) in [6.45, 7) is 1.99. The van der Waals surface area contributed by atoms with Crippen molar-refractivity contribution in [2.45, 2.75) is 61.6 Å². The highest BCUT2D eigenvalue weighted by molar-refractivity contribution is 14.1. The number of fused-ring (bicyclic) bond motifs is 1. The predicted molar refractivity (Wildman–Crippen MR) is 162 cm³/mol. The largest absolute Gasteiger partial charge is 0.480 e. The molecule has 0 radical (unpaired) electrons. The fourth-order valence-corrected chi connectivity index (χ4v) is 5.82. The third kappa shape index (κ3) is 5.95. The maximum absolute atomic E-state index is 13.7. The minimum atomic E-state index is -4.63. The number of aromatic nitrogens is 8. The monoisotopic (exact) mass is 757 g/mol. The molecule has 1 aromatic carbocycles. The van der Waals surface area contributed by atoms with Crippen molar-refractivity contribution >= 4 is 33.8 Å². The fraction of sp³-hybridized carbons (Fsp3) is 0.379. The van der Waals surface area contributed by atoms with E-state index in [1.54, 1.807) is 38.1 Å². The summed E-state index contributed by atoms with van der Waals surface area (Å²) >= 11 is 1.99. The average Bonchev–Trinajstić information content (AvgIpc) is 3.68. The summed E-state index contributed by atoms with van der Waals surface area (Å²) in [4.78, 5) is 21.5. The molecule has 4 heterocycles. The number of nitrogens with zero attached hydrogens (tertiary/aromatic N) is 8. The summed E-state index contributed by atoms with van der Waals surface area (Å²) < 4.78 is 90.0. The van der Waals surface area contributed by atoms with Gasteiger partial charge in [-0.15, -0.1) is 0 Å². The second kappa shape index (κ2) is 11.6. The van der Waals surface area contributed by atoms with Crippen molar-refractivity contribution in [3.8, 4) is 28.7 Å². The summed E-state index contributed by atoms with van der Waals surface area (Å²) in [5, 5.41) is 8.81. The Morgan fingerprint density at radius 2 is 1.72 bits per heavy atom. The summed E-state index contributed by atoms with van der Waals surface area (Å²) in [5.41, 5.74) is 0.697. The van der Waals surface area contributed by atoms with Crippen molar-refractivity contribution in [3.05, 3.63) is 65.6 Å². The van der Waals surface area contributed by atoms with E-state index in [1.165, 1.54) is 28.8 Å².